The number of nitrogens with one attached hydrogen (secondary N) is 2. The van der Waals surface area contributed by atoms with Crippen molar-refractivity contribution in [1.29, 1.82) is 0 Å². The van der Waals surface area contributed by atoms with Crippen LogP contribution in [0.5, 0.6) is 0 Å². The zero-order chi connectivity index (χ0) is 17.1. The van der Waals surface area contributed by atoms with Crippen LogP contribution in [0.25, 0.3) is 27.9 Å². The molecular formula is C19H19N3O2. The average molecular weight is 321 g/mol. The Morgan fingerprint density at radius 1 is 1.04 bits per heavy atom. The molecule has 0 aliphatic carbocycles. The zero-order valence-electron chi connectivity index (χ0n) is 13.7. The second-order valence-electron chi connectivity index (χ2n) is 5.54. The molecule has 2 N–H and O–H groups in total. The highest BCUT2D eigenvalue weighted by molar-refractivity contribution is 6.08. The minimum atomic E-state index is -0.374. The molecule has 3 rings (SSSR count). The van der Waals surface area contributed by atoms with Gasteiger partial charge in [0.2, 0.25) is 5.91 Å². The van der Waals surface area contributed by atoms with E-state index >= 15 is 0 Å². The highest BCUT2D eigenvalue weighted by Gasteiger charge is 2.09. The summed E-state index contributed by atoms with van der Waals surface area (Å²) in [4.78, 5) is 22.4. The van der Waals surface area contributed by atoms with Gasteiger partial charge in [-0.05, 0) is 36.8 Å². The van der Waals surface area contributed by atoms with Crippen LogP contribution in [0, 0.1) is 0 Å². The Labute approximate surface area is 139 Å². The Kier molecular flexibility index (Phi) is 4.33. The second-order valence-corrected chi connectivity index (χ2v) is 5.54. The van der Waals surface area contributed by atoms with Crippen LogP contribution >= 0.6 is 0 Å². The van der Waals surface area contributed by atoms with Crippen LogP contribution in [0.2, 0.25) is 0 Å². The lowest BCUT2D eigenvalue weighted by atomic mass is 10.1. The standard InChI is InChI=1S/C19H19N3O2/c1-3-22-17-7-5-4-6-15(17)16-12-14(8-10-18(16)22)9-11-19(24)21-20-13(2)23/h4-12H,3H2,1-2H3,(H,20,23)(H,21,24)/b11-9+. The minimum Gasteiger partial charge on any atom is -0.341 e. The molecule has 2 amide bonds. The minimum absolute atomic E-state index is 0.314. The highest BCUT2D eigenvalue weighted by Crippen LogP contribution is 2.29. The molecule has 0 aliphatic rings. The zero-order valence-corrected chi connectivity index (χ0v) is 13.7. The Balaban J connectivity index is 1.95. The number of hydrogen-bond donors (Lipinski definition) is 2. The Bertz CT molecular complexity index is 954. The van der Waals surface area contributed by atoms with E-state index in [4.69, 9.17) is 0 Å². The topological polar surface area (TPSA) is 63.1 Å². The number of aromatic nitrogens is 1. The lowest BCUT2D eigenvalue weighted by Crippen LogP contribution is -2.39. The summed E-state index contributed by atoms with van der Waals surface area (Å²) < 4.78 is 2.28. The van der Waals surface area contributed by atoms with E-state index in [1.54, 1.807) is 6.08 Å². The van der Waals surface area contributed by atoms with E-state index in [0.717, 1.165) is 17.5 Å². The molecule has 0 saturated carbocycles. The Morgan fingerprint density at radius 2 is 1.79 bits per heavy atom. The molecule has 0 spiro atoms. The van der Waals surface area contributed by atoms with Crippen molar-refractivity contribution in [3.63, 3.8) is 0 Å². The van der Waals surface area contributed by atoms with Crippen molar-refractivity contribution in [2.45, 2.75) is 20.4 Å². The predicted molar refractivity (Wildman–Crippen MR) is 96.1 cm³/mol. The van der Waals surface area contributed by atoms with E-state index in [1.165, 1.54) is 29.4 Å². The summed E-state index contributed by atoms with van der Waals surface area (Å²) in [6, 6.07) is 14.4. The third-order valence-corrected chi connectivity index (χ3v) is 3.90. The van der Waals surface area contributed by atoms with Gasteiger partial charge in [0.05, 0.1) is 0 Å². The van der Waals surface area contributed by atoms with Gasteiger partial charge in [-0.2, -0.15) is 0 Å². The molecule has 0 fully saturated rings. The van der Waals surface area contributed by atoms with Crippen molar-refractivity contribution in [1.82, 2.24) is 15.4 Å². The molecule has 1 aromatic heterocycles. The van der Waals surface area contributed by atoms with Gasteiger partial charge in [0.25, 0.3) is 5.91 Å². The smallest absolute Gasteiger partial charge is 0.262 e. The van der Waals surface area contributed by atoms with Crippen molar-refractivity contribution in [2.75, 3.05) is 0 Å². The predicted octanol–water partition coefficient (Wildman–Crippen LogP) is 2.99. The maximum Gasteiger partial charge on any atom is 0.262 e. The van der Waals surface area contributed by atoms with Gasteiger partial charge in [0, 0.05) is 41.4 Å². The largest absolute Gasteiger partial charge is 0.341 e. The molecule has 0 saturated heterocycles. The third-order valence-electron chi connectivity index (χ3n) is 3.90. The normalized spacial score (nSPS) is 11.2. The molecule has 24 heavy (non-hydrogen) atoms. The number of hydrogen-bond acceptors (Lipinski definition) is 2. The van der Waals surface area contributed by atoms with Gasteiger partial charge in [0.15, 0.2) is 0 Å². The molecule has 1 heterocycles. The molecule has 2 aromatic carbocycles. The van der Waals surface area contributed by atoms with Gasteiger partial charge < -0.3 is 4.57 Å². The molecule has 122 valence electrons. The van der Waals surface area contributed by atoms with Crippen LogP contribution < -0.4 is 10.9 Å². The first-order valence-corrected chi connectivity index (χ1v) is 7.85. The number of rotatable bonds is 3. The number of benzene rings is 2. The van der Waals surface area contributed by atoms with Crippen LogP contribution in [0.1, 0.15) is 19.4 Å². The lowest BCUT2D eigenvalue weighted by Gasteiger charge is -2.03. The van der Waals surface area contributed by atoms with E-state index in [2.05, 4.69) is 46.6 Å². The summed E-state index contributed by atoms with van der Waals surface area (Å²) in [5.41, 5.74) is 7.87. The van der Waals surface area contributed by atoms with E-state index in [0.29, 0.717) is 0 Å². The Morgan fingerprint density at radius 3 is 2.54 bits per heavy atom. The van der Waals surface area contributed by atoms with Crippen LogP contribution in [0.4, 0.5) is 0 Å². The summed E-state index contributed by atoms with van der Waals surface area (Å²) in [5.74, 6) is -0.688. The Hall–Kier alpha value is -3.08. The van der Waals surface area contributed by atoms with Crippen molar-refractivity contribution in [2.24, 2.45) is 0 Å². The van der Waals surface area contributed by atoms with E-state index in [-0.39, 0.29) is 11.8 Å². The molecule has 5 heteroatoms. The number of hydrazine groups is 1. The van der Waals surface area contributed by atoms with Gasteiger partial charge in [-0.1, -0.05) is 24.3 Å². The quantitative estimate of drug-likeness (QED) is 0.575. The van der Waals surface area contributed by atoms with E-state index in [1.807, 2.05) is 18.2 Å². The fourth-order valence-electron chi connectivity index (χ4n) is 2.88. The lowest BCUT2D eigenvalue weighted by molar-refractivity contribution is -0.125. The second kappa shape index (κ2) is 6.58. The fourth-order valence-corrected chi connectivity index (χ4v) is 2.88. The summed E-state index contributed by atoms with van der Waals surface area (Å²) in [7, 11) is 0. The van der Waals surface area contributed by atoms with Crippen LogP contribution in [-0.2, 0) is 16.1 Å². The molecule has 0 unspecified atom stereocenters. The summed E-state index contributed by atoms with van der Waals surface area (Å²) in [5, 5.41) is 2.36. The summed E-state index contributed by atoms with van der Waals surface area (Å²) in [6.45, 7) is 4.37. The maximum absolute atomic E-state index is 11.6. The summed E-state index contributed by atoms with van der Waals surface area (Å²) in [6.07, 6.45) is 3.13. The van der Waals surface area contributed by atoms with Gasteiger partial charge in [-0.25, -0.2) is 0 Å². The highest BCUT2D eigenvalue weighted by atomic mass is 16.2. The SMILES string of the molecule is CCn1c2ccccc2c2cc(/C=C/C(=O)NNC(C)=O)ccc21. The molecular weight excluding hydrogens is 302 g/mol. The number of aryl methyl sites for hydroxylation is 1. The van der Waals surface area contributed by atoms with E-state index in [9.17, 15) is 9.59 Å². The first kappa shape index (κ1) is 15.8. The third kappa shape index (κ3) is 3.01. The molecule has 0 bridgehead atoms. The van der Waals surface area contributed by atoms with Crippen molar-refractivity contribution < 1.29 is 9.59 Å². The van der Waals surface area contributed by atoms with E-state index < -0.39 is 0 Å². The van der Waals surface area contributed by atoms with Gasteiger partial charge >= 0.3 is 0 Å². The number of fused-ring (bicyclic) bond motifs is 3. The first-order chi connectivity index (χ1) is 11.6. The number of carbonyl (C=O) groups excluding carboxylic acids is 2. The van der Waals surface area contributed by atoms with Crippen LogP contribution in [0.3, 0.4) is 0 Å². The number of carbonyl (C=O) groups is 2. The molecule has 0 atom stereocenters. The average Bonchev–Trinajstić information content (AvgIpc) is 2.91. The van der Waals surface area contributed by atoms with Crippen molar-refractivity contribution in [3.8, 4) is 0 Å². The summed E-state index contributed by atoms with van der Waals surface area (Å²) >= 11 is 0. The van der Waals surface area contributed by atoms with Crippen LogP contribution in [0.15, 0.2) is 48.5 Å². The van der Waals surface area contributed by atoms with Gasteiger partial charge in [-0.15, -0.1) is 0 Å². The van der Waals surface area contributed by atoms with Crippen molar-refractivity contribution >= 4 is 39.7 Å². The van der Waals surface area contributed by atoms with Crippen LogP contribution in [-0.4, -0.2) is 16.4 Å². The van der Waals surface area contributed by atoms with Gasteiger partial charge in [-0.3, -0.25) is 20.4 Å². The molecule has 0 radical (unpaired) electrons. The van der Waals surface area contributed by atoms with Gasteiger partial charge in [0.1, 0.15) is 0 Å². The molecule has 5 nitrogen and oxygen atoms in total. The fraction of sp³-hybridized carbons (Fsp3) is 0.158. The number of amides is 2. The van der Waals surface area contributed by atoms with Crippen molar-refractivity contribution in [3.05, 3.63) is 54.1 Å². The number of nitrogens with zero attached hydrogens (tertiary/aromatic N) is 1. The molecule has 3 aromatic rings. The molecule has 0 aliphatic heterocycles. The maximum atomic E-state index is 11.6. The first-order valence-electron chi connectivity index (χ1n) is 7.85. The monoisotopic (exact) mass is 321 g/mol. The number of para-hydroxylation sites is 1.